The van der Waals surface area contributed by atoms with Gasteiger partial charge >= 0.3 is 0 Å². The van der Waals surface area contributed by atoms with Crippen LogP contribution in [-0.4, -0.2) is 48.7 Å². The number of nitrogens with one attached hydrogen (secondary N) is 3. The summed E-state index contributed by atoms with van der Waals surface area (Å²) < 4.78 is 46.1. The SMILES string of the molecule is C=C(NC1C=CC(F)=CC1)C1(C(=O)Nc2ccc(Oc3ncnc4cc(OCC5CCNCC5)c(OC)cc34)c(F)c2)CC1. The molecule has 9 nitrogen and oxygen atoms in total. The Bertz CT molecular complexity index is 1630. The number of carbonyl (C=O) groups excluding carboxylic acids is 1. The van der Waals surface area contributed by atoms with Gasteiger partial charge in [0, 0.05) is 29.6 Å². The van der Waals surface area contributed by atoms with Crippen LogP contribution in [0.25, 0.3) is 10.9 Å². The fraction of sp³-hybridized carbons (Fsp3) is 0.364. The number of hydrogen-bond acceptors (Lipinski definition) is 8. The number of rotatable bonds is 11. The molecule has 2 heterocycles. The molecule has 230 valence electrons. The van der Waals surface area contributed by atoms with E-state index in [-0.39, 0.29) is 35.1 Å². The van der Waals surface area contributed by atoms with Gasteiger partial charge in [-0.3, -0.25) is 4.79 Å². The molecular formula is C33H35F2N5O4. The van der Waals surface area contributed by atoms with Crippen molar-refractivity contribution in [1.29, 1.82) is 0 Å². The number of piperidine rings is 1. The van der Waals surface area contributed by atoms with Gasteiger partial charge in [0.2, 0.25) is 11.8 Å². The number of benzene rings is 2. The Balaban J connectivity index is 1.13. The zero-order chi connectivity index (χ0) is 30.7. The lowest BCUT2D eigenvalue weighted by Crippen LogP contribution is -2.36. The first-order chi connectivity index (χ1) is 21.3. The molecule has 11 heteroatoms. The summed E-state index contributed by atoms with van der Waals surface area (Å²) in [4.78, 5) is 21.8. The standard InChI is InChI=1S/C33H35F2N5O4/c1-20(39-23-5-3-22(34)4-6-23)33(11-12-33)32(41)40-24-7-8-28(26(35)15-24)44-31-25-16-29(42-2)30(17-27(25)37-19-38-31)43-18-21-9-13-36-14-10-21/h3-5,7-8,15-17,19,21,23,36,39H,1,6,9-14,18H2,2H3,(H,40,41). The van der Waals surface area contributed by atoms with E-state index in [9.17, 15) is 9.18 Å². The second-order valence-corrected chi connectivity index (χ2v) is 11.4. The van der Waals surface area contributed by atoms with Crippen molar-refractivity contribution in [3.05, 3.63) is 78.8 Å². The molecule has 3 aliphatic rings. The Labute approximate surface area is 254 Å². The van der Waals surface area contributed by atoms with Crippen LogP contribution in [0.4, 0.5) is 14.5 Å². The van der Waals surface area contributed by atoms with Gasteiger partial charge in [-0.25, -0.2) is 18.7 Å². The highest BCUT2D eigenvalue weighted by atomic mass is 19.1. The summed E-state index contributed by atoms with van der Waals surface area (Å²) in [6.07, 6.45) is 9.74. The second kappa shape index (κ2) is 12.6. The Morgan fingerprint density at radius 3 is 2.64 bits per heavy atom. The second-order valence-electron chi connectivity index (χ2n) is 11.4. The average molecular weight is 604 g/mol. The number of anilines is 1. The zero-order valence-electron chi connectivity index (χ0n) is 24.5. The number of methoxy groups -OCH3 is 1. The van der Waals surface area contributed by atoms with Crippen LogP contribution in [0.2, 0.25) is 0 Å². The van der Waals surface area contributed by atoms with E-state index in [4.69, 9.17) is 14.2 Å². The molecule has 1 amide bonds. The van der Waals surface area contributed by atoms with E-state index in [2.05, 4.69) is 32.5 Å². The molecule has 1 aromatic heterocycles. The van der Waals surface area contributed by atoms with E-state index in [0.717, 1.165) is 25.9 Å². The number of amides is 1. The van der Waals surface area contributed by atoms with E-state index in [0.29, 0.717) is 59.9 Å². The fourth-order valence-electron chi connectivity index (χ4n) is 5.52. The monoisotopic (exact) mass is 603 g/mol. The summed E-state index contributed by atoms with van der Waals surface area (Å²) in [6.45, 7) is 6.61. The number of ether oxygens (including phenoxy) is 3. The first-order valence-corrected chi connectivity index (χ1v) is 14.8. The molecule has 1 aliphatic heterocycles. The van der Waals surface area contributed by atoms with Crippen molar-refractivity contribution < 1.29 is 27.8 Å². The number of aromatic nitrogens is 2. The lowest BCUT2D eigenvalue weighted by atomic mass is 9.99. The van der Waals surface area contributed by atoms with Gasteiger partial charge in [0.15, 0.2) is 23.1 Å². The number of halogens is 2. The number of carbonyl (C=O) groups is 1. The van der Waals surface area contributed by atoms with E-state index >= 15 is 4.39 Å². The molecule has 0 radical (unpaired) electrons. The van der Waals surface area contributed by atoms with Gasteiger partial charge in [-0.1, -0.05) is 12.7 Å². The maximum atomic E-state index is 15.2. The third-order valence-electron chi connectivity index (χ3n) is 8.39. The normalized spacial score (nSPS) is 19.2. The smallest absolute Gasteiger partial charge is 0.236 e. The third kappa shape index (κ3) is 6.37. The first kappa shape index (κ1) is 29.6. The largest absolute Gasteiger partial charge is 0.493 e. The molecule has 6 rings (SSSR count). The van der Waals surface area contributed by atoms with E-state index in [1.165, 1.54) is 30.6 Å². The van der Waals surface area contributed by atoms with Crippen LogP contribution in [-0.2, 0) is 4.79 Å². The van der Waals surface area contributed by atoms with Crippen molar-refractivity contribution in [2.45, 2.75) is 38.1 Å². The van der Waals surface area contributed by atoms with Gasteiger partial charge in [-0.05, 0) is 81.5 Å². The van der Waals surface area contributed by atoms with Crippen LogP contribution >= 0.6 is 0 Å². The van der Waals surface area contributed by atoms with E-state index < -0.39 is 11.2 Å². The number of nitrogens with zero attached hydrogens (tertiary/aromatic N) is 2. The van der Waals surface area contributed by atoms with Crippen LogP contribution in [0.15, 0.2) is 73.0 Å². The Morgan fingerprint density at radius 2 is 1.93 bits per heavy atom. The van der Waals surface area contributed by atoms with Crippen LogP contribution < -0.4 is 30.2 Å². The van der Waals surface area contributed by atoms with Gasteiger partial charge < -0.3 is 30.2 Å². The molecule has 1 atom stereocenters. The molecular weight excluding hydrogens is 568 g/mol. The summed E-state index contributed by atoms with van der Waals surface area (Å²) in [5, 5.41) is 9.91. The molecule has 2 aliphatic carbocycles. The van der Waals surface area contributed by atoms with Crippen molar-refractivity contribution in [2.75, 3.05) is 32.1 Å². The fourth-order valence-corrected chi connectivity index (χ4v) is 5.52. The number of hydrogen-bond donors (Lipinski definition) is 3. The number of allylic oxidation sites excluding steroid dienone is 2. The summed E-state index contributed by atoms with van der Waals surface area (Å²) in [6, 6.07) is 7.56. The molecule has 2 aromatic carbocycles. The Morgan fingerprint density at radius 1 is 1.11 bits per heavy atom. The lowest BCUT2D eigenvalue weighted by Gasteiger charge is -2.24. The minimum atomic E-state index is -0.797. The van der Waals surface area contributed by atoms with Gasteiger partial charge in [0.25, 0.3) is 0 Å². The van der Waals surface area contributed by atoms with Gasteiger partial charge in [0.05, 0.1) is 30.0 Å². The summed E-state index contributed by atoms with van der Waals surface area (Å²) in [5.41, 5.74) is 0.612. The third-order valence-corrected chi connectivity index (χ3v) is 8.39. The highest BCUT2D eigenvalue weighted by Crippen LogP contribution is 2.51. The predicted molar refractivity (Wildman–Crippen MR) is 163 cm³/mol. The molecule has 0 spiro atoms. The van der Waals surface area contributed by atoms with Crippen LogP contribution in [0.1, 0.15) is 32.1 Å². The number of fused-ring (bicyclic) bond motifs is 1. The Kier molecular flexibility index (Phi) is 8.47. The maximum Gasteiger partial charge on any atom is 0.236 e. The maximum absolute atomic E-state index is 15.2. The van der Waals surface area contributed by atoms with Crippen molar-refractivity contribution in [1.82, 2.24) is 20.6 Å². The minimum Gasteiger partial charge on any atom is -0.493 e. The highest BCUT2D eigenvalue weighted by Gasteiger charge is 2.52. The van der Waals surface area contributed by atoms with Crippen molar-refractivity contribution in [3.8, 4) is 23.1 Å². The van der Waals surface area contributed by atoms with Crippen LogP contribution in [0.3, 0.4) is 0 Å². The minimum absolute atomic E-state index is 0.0650. The quantitative estimate of drug-likeness (QED) is 0.247. The summed E-state index contributed by atoms with van der Waals surface area (Å²) in [7, 11) is 1.55. The molecule has 3 N–H and O–H groups in total. The zero-order valence-corrected chi connectivity index (χ0v) is 24.5. The van der Waals surface area contributed by atoms with Crippen LogP contribution in [0, 0.1) is 17.2 Å². The van der Waals surface area contributed by atoms with Crippen molar-refractivity contribution >= 4 is 22.5 Å². The van der Waals surface area contributed by atoms with Gasteiger partial charge in [-0.15, -0.1) is 0 Å². The summed E-state index contributed by atoms with van der Waals surface area (Å²) >= 11 is 0. The van der Waals surface area contributed by atoms with E-state index in [1.807, 2.05) is 0 Å². The molecule has 1 unspecified atom stereocenters. The van der Waals surface area contributed by atoms with Crippen molar-refractivity contribution in [2.24, 2.45) is 11.3 Å². The predicted octanol–water partition coefficient (Wildman–Crippen LogP) is 5.95. The van der Waals surface area contributed by atoms with E-state index in [1.54, 1.807) is 31.4 Å². The molecule has 1 saturated heterocycles. The van der Waals surface area contributed by atoms with Gasteiger partial charge in [0.1, 0.15) is 12.2 Å². The lowest BCUT2D eigenvalue weighted by molar-refractivity contribution is -0.120. The molecule has 2 fully saturated rings. The molecule has 0 bridgehead atoms. The molecule has 44 heavy (non-hydrogen) atoms. The molecule has 1 saturated carbocycles. The highest BCUT2D eigenvalue weighted by molar-refractivity contribution is 5.99. The summed E-state index contributed by atoms with van der Waals surface area (Å²) in [5.74, 6) is 0.384. The Hall–Kier alpha value is -4.51. The first-order valence-electron chi connectivity index (χ1n) is 14.8. The van der Waals surface area contributed by atoms with Crippen LogP contribution in [0.5, 0.6) is 23.1 Å². The molecule has 3 aromatic rings. The topological polar surface area (TPSA) is 107 Å². The van der Waals surface area contributed by atoms with Crippen molar-refractivity contribution in [3.63, 3.8) is 0 Å². The average Bonchev–Trinajstić information content (AvgIpc) is 3.85. The van der Waals surface area contributed by atoms with Gasteiger partial charge in [-0.2, -0.15) is 0 Å².